The Balaban J connectivity index is 0.000000493. The fourth-order valence-electron chi connectivity index (χ4n) is 7.74. The summed E-state index contributed by atoms with van der Waals surface area (Å²) in [4.78, 5) is 0. The van der Waals surface area contributed by atoms with Crippen molar-refractivity contribution < 1.29 is 36.7 Å². The summed E-state index contributed by atoms with van der Waals surface area (Å²) in [7, 11) is -11.4. The van der Waals surface area contributed by atoms with Crippen LogP contribution in [0.2, 0.25) is 109 Å². The van der Waals surface area contributed by atoms with Crippen LogP contribution in [-0.2, 0) is 44.8 Å². The highest BCUT2D eigenvalue weighted by Crippen LogP contribution is 2.47. The van der Waals surface area contributed by atoms with Crippen LogP contribution in [0.3, 0.4) is 0 Å². The number of hydrogen-bond acceptors (Lipinski definition) is 8. The van der Waals surface area contributed by atoms with Crippen LogP contribution in [0.25, 0.3) is 0 Å². The minimum absolute atomic E-state index is 0.000400. The molecular weight excluding hydrogens is 1120 g/mol. The van der Waals surface area contributed by atoms with Crippen LogP contribution in [0.5, 0.6) is 0 Å². The van der Waals surface area contributed by atoms with E-state index in [4.69, 9.17) is 42.7 Å². The molecule has 2 aromatic carbocycles. The summed E-state index contributed by atoms with van der Waals surface area (Å²) in [6.45, 7) is 70.4. The minimum atomic E-state index is -2.05. The summed E-state index contributed by atoms with van der Waals surface area (Å²) in [5, 5.41) is 10.8. The highest BCUT2D eigenvalue weighted by Gasteiger charge is 2.49. The van der Waals surface area contributed by atoms with Gasteiger partial charge >= 0.3 is 0 Å². The molecular formula is C66H125ClO8Si6. The van der Waals surface area contributed by atoms with Gasteiger partial charge in [0.15, 0.2) is 49.0 Å². The molecule has 2 aliphatic carbocycles. The summed E-state index contributed by atoms with van der Waals surface area (Å²) >= 11 is 6.15. The molecule has 2 fully saturated rings. The smallest absolute Gasteiger partial charge is 0.192 e. The molecule has 15 heteroatoms. The van der Waals surface area contributed by atoms with Crippen LogP contribution >= 0.6 is 11.1 Å². The van der Waals surface area contributed by atoms with Crippen LogP contribution in [-0.4, -0.2) is 104 Å². The molecule has 0 aromatic heterocycles. The standard InChI is InChI=1S/C33H62O4Si3.C27H48O4Si2.C6H15ClSi/c1-31(2,3)38(10,11)35-22-21-28-29(36-39(12,13)32(4,5)6)23-27(34-25-26-19-17-16-18-20-26)24-30(28)37-40(14,15)33(7,8)9;1-26(2,3)32(7,8)30-24-18-22(29-20-21-14-12-11-13-15-21)19-25(23(24)16-17-28)31-33(9,10)27(4,5)6;1-6(2,3)8(4,5)7/h16-21,27,29-30H,22-25H2,1-15H3;11-16,22,24-25,28H,17-20H2,1-10H3;1-5H3/t27?,29-,30-;22?,24-,25-;/m11./s1. The second kappa shape index (κ2) is 29.5. The number of aliphatic hydroxyl groups excluding tert-OH is 1. The Kier molecular flexibility index (Phi) is 27.7. The Bertz CT molecular complexity index is 2140. The predicted octanol–water partition coefficient (Wildman–Crippen LogP) is 20.4. The number of aliphatic hydroxyl groups is 1. The predicted molar refractivity (Wildman–Crippen MR) is 366 cm³/mol. The molecule has 0 amide bonds. The molecule has 0 bridgehead atoms. The van der Waals surface area contributed by atoms with Crippen molar-refractivity contribution in [2.45, 2.75) is 309 Å². The molecule has 2 saturated carbocycles. The van der Waals surface area contributed by atoms with Crippen LogP contribution in [0.15, 0.2) is 84.0 Å². The number of rotatable bonds is 18. The van der Waals surface area contributed by atoms with Crippen molar-refractivity contribution >= 4 is 60.0 Å². The van der Waals surface area contributed by atoms with Gasteiger partial charge in [-0.1, -0.05) is 211 Å². The molecule has 8 nitrogen and oxygen atoms in total. The van der Waals surface area contributed by atoms with Gasteiger partial charge < -0.3 is 36.7 Å². The molecule has 1 N–H and O–H groups in total. The van der Waals surface area contributed by atoms with E-state index in [1.54, 1.807) is 0 Å². The van der Waals surface area contributed by atoms with Crippen LogP contribution in [0.4, 0.5) is 0 Å². The first-order valence-corrected chi connectivity index (χ1v) is 49.2. The van der Waals surface area contributed by atoms with Crippen LogP contribution in [0.1, 0.15) is 161 Å². The molecule has 2 aromatic rings. The zero-order valence-electron chi connectivity index (χ0n) is 57.7. The Morgan fingerprint density at radius 3 is 0.877 bits per heavy atom. The summed E-state index contributed by atoms with van der Waals surface area (Å²) < 4.78 is 48.0. The zero-order valence-corrected chi connectivity index (χ0v) is 64.5. The number of benzene rings is 2. The van der Waals surface area contributed by atoms with E-state index in [2.05, 4.69) is 252 Å². The summed E-state index contributed by atoms with van der Waals surface area (Å²) in [6.07, 6.45) is 7.41. The largest absolute Gasteiger partial charge is 0.413 e. The van der Waals surface area contributed by atoms with E-state index < -0.39 is 49.0 Å². The Hall–Kier alpha value is -0.809. The van der Waals surface area contributed by atoms with Gasteiger partial charge in [0.25, 0.3) is 0 Å². The van der Waals surface area contributed by atoms with E-state index in [9.17, 15) is 5.11 Å². The molecule has 0 unspecified atom stereocenters. The molecule has 4 rings (SSSR count). The zero-order chi connectivity index (χ0) is 62.9. The van der Waals surface area contributed by atoms with Crippen molar-refractivity contribution in [3.63, 3.8) is 0 Å². The van der Waals surface area contributed by atoms with E-state index in [0.717, 1.165) is 31.3 Å². The highest BCUT2D eigenvalue weighted by molar-refractivity contribution is 7.20. The van der Waals surface area contributed by atoms with Gasteiger partial charge in [-0.2, -0.15) is 11.1 Å². The molecule has 0 spiro atoms. The first kappa shape index (κ1) is 76.3. The Morgan fingerprint density at radius 1 is 0.407 bits per heavy atom. The fourth-order valence-corrected chi connectivity index (χ4v) is 13.9. The third-order valence-corrected chi connectivity index (χ3v) is 47.4. The van der Waals surface area contributed by atoms with Crippen molar-refractivity contribution in [1.29, 1.82) is 0 Å². The van der Waals surface area contributed by atoms with Gasteiger partial charge in [0, 0.05) is 25.7 Å². The van der Waals surface area contributed by atoms with E-state index >= 15 is 0 Å². The van der Waals surface area contributed by atoms with Crippen molar-refractivity contribution in [2.24, 2.45) is 0 Å². The normalized spacial score (nSPS) is 21.6. The second-order valence-electron chi connectivity index (χ2n) is 32.6. The van der Waals surface area contributed by atoms with Crippen molar-refractivity contribution in [1.82, 2.24) is 0 Å². The summed E-state index contributed by atoms with van der Waals surface area (Å²) in [5.41, 5.74) is 4.76. The highest BCUT2D eigenvalue weighted by atomic mass is 35.6. The van der Waals surface area contributed by atoms with E-state index in [1.165, 1.54) is 16.7 Å². The third kappa shape index (κ3) is 23.7. The lowest BCUT2D eigenvalue weighted by Crippen LogP contribution is -2.52. The first-order chi connectivity index (χ1) is 36.3. The number of halogens is 1. The lowest BCUT2D eigenvalue weighted by Gasteiger charge is -2.47. The van der Waals surface area contributed by atoms with E-state index in [0.29, 0.717) is 24.9 Å². The van der Waals surface area contributed by atoms with Gasteiger partial charge in [-0.25, -0.2) is 0 Å². The fraction of sp³-hybridized carbons (Fsp3) is 0.758. The summed E-state index contributed by atoms with van der Waals surface area (Å²) in [6, 6.07) is 20.8. The van der Waals surface area contributed by atoms with Crippen molar-refractivity contribution in [3.8, 4) is 0 Å². The van der Waals surface area contributed by atoms with Crippen LogP contribution in [0, 0.1) is 0 Å². The number of ether oxygens (including phenoxy) is 2. The average Bonchev–Trinajstić information content (AvgIpc) is 3.27. The molecule has 468 valence electrons. The van der Waals surface area contributed by atoms with Crippen molar-refractivity contribution in [3.05, 3.63) is 95.1 Å². The molecule has 2 aliphatic rings. The average molecular weight is 1250 g/mol. The number of hydrogen-bond donors (Lipinski definition) is 1. The maximum atomic E-state index is 9.89. The maximum absolute atomic E-state index is 9.89. The summed E-state index contributed by atoms with van der Waals surface area (Å²) in [5.74, 6) is 0. The lowest BCUT2D eigenvalue weighted by atomic mass is 9.87. The van der Waals surface area contributed by atoms with Gasteiger partial charge in [0.1, 0.15) is 0 Å². The monoisotopic (exact) mass is 1250 g/mol. The molecule has 0 saturated heterocycles. The first-order valence-electron chi connectivity index (χ1n) is 30.6. The van der Waals surface area contributed by atoms with Gasteiger partial charge in [-0.05, 0) is 118 Å². The van der Waals surface area contributed by atoms with E-state index in [1.807, 2.05) is 24.3 Å². The van der Waals surface area contributed by atoms with Gasteiger partial charge in [0.2, 0.25) is 0 Å². The molecule has 4 atom stereocenters. The van der Waals surface area contributed by atoms with Crippen LogP contribution < -0.4 is 0 Å². The minimum Gasteiger partial charge on any atom is -0.413 e. The van der Waals surface area contributed by atoms with Gasteiger partial charge in [-0.15, -0.1) is 0 Å². The maximum Gasteiger partial charge on any atom is 0.192 e. The molecule has 0 radical (unpaired) electrons. The SMILES string of the molecule is CC(C)(C)[Si](C)(C)Cl.CC(C)(C)[Si](C)(C)OCC=C1[C@H](O[Si](C)(C)C(C)(C)C)CC(OCc2ccccc2)C[C@H]1O[Si](C)(C)C(C)(C)C.CC(C)(C)[Si](C)(C)O[C@@H]1CC(OCc2ccccc2)C[C@@H](O[Si](C)(C)C(C)(C)C)C1=CCO. The third-order valence-electron chi connectivity index (χ3n) is 19.7. The molecule has 0 aliphatic heterocycles. The Labute approximate surface area is 510 Å². The Morgan fingerprint density at radius 2 is 0.654 bits per heavy atom. The quantitative estimate of drug-likeness (QED) is 0.0898. The van der Waals surface area contributed by atoms with E-state index in [-0.39, 0.29) is 68.4 Å². The second-order valence-corrected chi connectivity index (χ2v) is 63.7. The molecule has 81 heavy (non-hydrogen) atoms. The van der Waals surface area contributed by atoms with Crippen molar-refractivity contribution in [2.75, 3.05) is 13.2 Å². The lowest BCUT2D eigenvalue weighted by molar-refractivity contribution is -0.0331. The molecule has 0 heterocycles. The van der Waals surface area contributed by atoms with Gasteiger partial charge in [-0.3, -0.25) is 0 Å². The topological polar surface area (TPSA) is 84.8 Å². The van der Waals surface area contributed by atoms with Gasteiger partial charge in [0.05, 0.1) is 63.1 Å².